The van der Waals surface area contributed by atoms with E-state index in [1.54, 1.807) is 0 Å². The minimum Gasteiger partial charge on any atom is -0.375 e. The zero-order valence-corrected chi connectivity index (χ0v) is 12.4. The Morgan fingerprint density at radius 2 is 2.15 bits per heavy atom. The molecule has 0 radical (unpaired) electrons. The smallest absolute Gasteiger partial charge is 0.136 e. The van der Waals surface area contributed by atoms with E-state index >= 15 is 0 Å². The first-order valence-electron chi connectivity index (χ1n) is 7.12. The lowest BCUT2D eigenvalue weighted by molar-refractivity contribution is 0.0383. The number of hydrogen-bond acceptors (Lipinski definition) is 3. The zero-order valence-electron chi connectivity index (χ0n) is 11.7. The highest BCUT2D eigenvalue weighted by Gasteiger charge is 2.21. The van der Waals surface area contributed by atoms with Gasteiger partial charge in [0.1, 0.15) is 5.82 Å². The molecule has 2 aromatic rings. The number of anilines is 1. The van der Waals surface area contributed by atoms with Crippen LogP contribution in [0.2, 0.25) is 0 Å². The Bertz CT molecular complexity index is 602. The Morgan fingerprint density at radius 1 is 1.35 bits per heavy atom. The summed E-state index contributed by atoms with van der Waals surface area (Å²) in [6.45, 7) is 4.74. The van der Waals surface area contributed by atoms with Crippen LogP contribution in [0.25, 0.3) is 10.8 Å². The van der Waals surface area contributed by atoms with E-state index < -0.39 is 0 Å². The average molecular weight is 291 g/mol. The molecule has 106 valence electrons. The maximum Gasteiger partial charge on any atom is 0.136 e. The number of rotatable bonds is 3. The van der Waals surface area contributed by atoms with Crippen molar-refractivity contribution in [2.75, 3.05) is 24.6 Å². The number of ether oxygens (including phenoxy) is 1. The van der Waals surface area contributed by atoms with Crippen LogP contribution in [0.5, 0.6) is 0 Å². The molecule has 1 fully saturated rings. The zero-order chi connectivity index (χ0) is 13.9. The van der Waals surface area contributed by atoms with Gasteiger partial charge in [0.15, 0.2) is 0 Å². The van der Waals surface area contributed by atoms with Gasteiger partial charge in [0.05, 0.1) is 12.7 Å². The van der Waals surface area contributed by atoms with Crippen LogP contribution in [0.15, 0.2) is 30.5 Å². The second-order valence-electron chi connectivity index (χ2n) is 5.13. The summed E-state index contributed by atoms with van der Waals surface area (Å²) in [5, 5.41) is 2.38. The number of pyridine rings is 1. The first kappa shape index (κ1) is 13.7. The molecule has 4 heteroatoms. The summed E-state index contributed by atoms with van der Waals surface area (Å²) >= 11 is 6.02. The van der Waals surface area contributed by atoms with Crippen molar-refractivity contribution in [2.24, 2.45) is 0 Å². The maximum atomic E-state index is 6.02. The molecule has 3 nitrogen and oxygen atoms in total. The highest BCUT2D eigenvalue weighted by Crippen LogP contribution is 2.29. The van der Waals surface area contributed by atoms with Crippen LogP contribution in [0, 0.1) is 0 Å². The van der Waals surface area contributed by atoms with Crippen LogP contribution < -0.4 is 4.90 Å². The van der Waals surface area contributed by atoms with Crippen molar-refractivity contribution in [1.82, 2.24) is 4.98 Å². The number of benzene rings is 1. The highest BCUT2D eigenvalue weighted by atomic mass is 35.5. The van der Waals surface area contributed by atoms with Crippen molar-refractivity contribution in [3.8, 4) is 0 Å². The minimum absolute atomic E-state index is 0.303. The van der Waals surface area contributed by atoms with Crippen molar-refractivity contribution in [3.05, 3.63) is 36.0 Å². The maximum absolute atomic E-state index is 6.02. The van der Waals surface area contributed by atoms with Gasteiger partial charge in [-0.1, -0.05) is 31.2 Å². The molecule has 0 bridgehead atoms. The molecule has 0 aliphatic carbocycles. The largest absolute Gasteiger partial charge is 0.375 e. The topological polar surface area (TPSA) is 25.4 Å². The van der Waals surface area contributed by atoms with Gasteiger partial charge in [0.25, 0.3) is 0 Å². The number of hydrogen-bond donors (Lipinski definition) is 0. The van der Waals surface area contributed by atoms with Gasteiger partial charge in [-0.2, -0.15) is 0 Å². The Hall–Kier alpha value is -1.32. The Labute approximate surface area is 124 Å². The molecule has 0 amide bonds. The molecule has 3 rings (SSSR count). The first-order chi connectivity index (χ1) is 9.83. The predicted octanol–water partition coefficient (Wildman–Crippen LogP) is 3.59. The van der Waals surface area contributed by atoms with Gasteiger partial charge < -0.3 is 9.64 Å². The summed E-state index contributed by atoms with van der Waals surface area (Å²) in [5.74, 6) is 1.55. The van der Waals surface area contributed by atoms with E-state index in [1.807, 2.05) is 6.20 Å². The van der Waals surface area contributed by atoms with Crippen molar-refractivity contribution >= 4 is 28.2 Å². The molecule has 20 heavy (non-hydrogen) atoms. The van der Waals surface area contributed by atoms with Gasteiger partial charge in [0.2, 0.25) is 0 Å². The van der Waals surface area contributed by atoms with Crippen molar-refractivity contribution < 1.29 is 4.74 Å². The molecule has 0 saturated carbocycles. The Balaban J connectivity index is 2.03. The summed E-state index contributed by atoms with van der Waals surface area (Å²) in [4.78, 5) is 6.99. The molecule has 1 aromatic carbocycles. The second-order valence-corrected chi connectivity index (χ2v) is 5.40. The molecular weight excluding hydrogens is 272 g/mol. The lowest BCUT2D eigenvalue weighted by Crippen LogP contribution is -2.42. The monoisotopic (exact) mass is 290 g/mol. The van der Waals surface area contributed by atoms with E-state index in [0.717, 1.165) is 37.5 Å². The van der Waals surface area contributed by atoms with Crippen LogP contribution in [0.3, 0.4) is 0 Å². The van der Waals surface area contributed by atoms with Gasteiger partial charge in [-0.15, -0.1) is 11.6 Å². The third-order valence-electron chi connectivity index (χ3n) is 3.89. The van der Waals surface area contributed by atoms with Gasteiger partial charge in [-0.25, -0.2) is 4.98 Å². The van der Waals surface area contributed by atoms with Crippen LogP contribution >= 0.6 is 11.6 Å². The van der Waals surface area contributed by atoms with Gasteiger partial charge in [-0.05, 0) is 17.4 Å². The third kappa shape index (κ3) is 2.48. The van der Waals surface area contributed by atoms with Crippen molar-refractivity contribution in [1.29, 1.82) is 0 Å². The molecular formula is C16H19ClN2O. The number of morpholine rings is 1. The number of fused-ring (bicyclic) bond motifs is 1. The Kier molecular flexibility index (Phi) is 4.08. The molecule has 1 aromatic heterocycles. The van der Waals surface area contributed by atoms with E-state index in [2.05, 4.69) is 41.1 Å². The van der Waals surface area contributed by atoms with Crippen molar-refractivity contribution in [2.45, 2.75) is 25.3 Å². The SMILES string of the molecule is CCC1CN(c2ncc(CCl)c3ccccc23)CCO1. The highest BCUT2D eigenvalue weighted by molar-refractivity contribution is 6.18. The van der Waals surface area contributed by atoms with Gasteiger partial charge >= 0.3 is 0 Å². The molecule has 0 N–H and O–H groups in total. The van der Waals surface area contributed by atoms with Crippen LogP contribution in [0.1, 0.15) is 18.9 Å². The number of alkyl halides is 1. The molecule has 1 atom stereocenters. The summed E-state index contributed by atoms with van der Waals surface area (Å²) in [7, 11) is 0. The number of halogens is 1. The van der Waals surface area contributed by atoms with Crippen LogP contribution in [-0.2, 0) is 10.6 Å². The molecule has 1 aliphatic rings. The lowest BCUT2D eigenvalue weighted by atomic mass is 10.1. The van der Waals surface area contributed by atoms with E-state index in [4.69, 9.17) is 16.3 Å². The lowest BCUT2D eigenvalue weighted by Gasteiger charge is -2.34. The quantitative estimate of drug-likeness (QED) is 0.808. The average Bonchev–Trinajstić information content (AvgIpc) is 2.54. The summed E-state index contributed by atoms with van der Waals surface area (Å²) in [6.07, 6.45) is 3.24. The molecule has 1 aliphatic heterocycles. The molecule has 1 unspecified atom stereocenters. The summed E-state index contributed by atoms with van der Waals surface area (Å²) in [5.41, 5.74) is 1.09. The summed E-state index contributed by atoms with van der Waals surface area (Å²) < 4.78 is 5.75. The normalized spacial score (nSPS) is 19.5. The van der Waals surface area contributed by atoms with E-state index in [-0.39, 0.29) is 0 Å². The fourth-order valence-corrected chi connectivity index (χ4v) is 2.97. The standard InChI is InChI=1S/C16H19ClN2O/c1-2-13-11-19(7-8-20-13)16-15-6-4-3-5-14(15)12(9-17)10-18-16/h3-6,10,13H,2,7-9,11H2,1H3. The van der Waals surface area contributed by atoms with Crippen LogP contribution in [-0.4, -0.2) is 30.8 Å². The van der Waals surface area contributed by atoms with Gasteiger partial charge in [0, 0.05) is 30.6 Å². The predicted molar refractivity (Wildman–Crippen MR) is 83.5 cm³/mol. The fraction of sp³-hybridized carbons (Fsp3) is 0.438. The second kappa shape index (κ2) is 5.98. The number of aromatic nitrogens is 1. The van der Waals surface area contributed by atoms with E-state index in [1.165, 1.54) is 10.8 Å². The molecule has 0 spiro atoms. The van der Waals surface area contributed by atoms with Gasteiger partial charge in [-0.3, -0.25) is 0 Å². The van der Waals surface area contributed by atoms with E-state index in [0.29, 0.717) is 12.0 Å². The minimum atomic E-state index is 0.303. The number of nitrogens with zero attached hydrogens (tertiary/aromatic N) is 2. The van der Waals surface area contributed by atoms with E-state index in [9.17, 15) is 0 Å². The molecule has 1 saturated heterocycles. The summed E-state index contributed by atoms with van der Waals surface area (Å²) in [6, 6.07) is 8.36. The first-order valence-corrected chi connectivity index (χ1v) is 7.66. The fourth-order valence-electron chi connectivity index (χ4n) is 2.75. The van der Waals surface area contributed by atoms with Crippen molar-refractivity contribution in [3.63, 3.8) is 0 Å². The molecule has 2 heterocycles. The third-order valence-corrected chi connectivity index (χ3v) is 4.18. The Morgan fingerprint density at radius 3 is 2.90 bits per heavy atom. The van der Waals surface area contributed by atoms with Crippen LogP contribution in [0.4, 0.5) is 5.82 Å².